The first-order chi connectivity index (χ1) is 14.9. The topological polar surface area (TPSA) is 147 Å². The minimum atomic E-state index is -1.18. The molecule has 12 heteroatoms. The van der Waals surface area contributed by atoms with Crippen molar-refractivity contribution in [2.24, 2.45) is 11.1 Å². The largest absolute Gasteiger partial charge is 0.477 e. The van der Waals surface area contributed by atoms with Crippen LogP contribution in [0, 0.1) is 5.92 Å². The third-order valence-corrected chi connectivity index (χ3v) is 6.97. The van der Waals surface area contributed by atoms with E-state index in [1.165, 1.54) is 16.7 Å². The van der Waals surface area contributed by atoms with Crippen molar-refractivity contribution in [3.05, 3.63) is 34.5 Å². The summed E-state index contributed by atoms with van der Waals surface area (Å²) in [4.78, 5) is 48.0. The van der Waals surface area contributed by atoms with Gasteiger partial charge in [-0.25, -0.2) is 9.78 Å². The number of carbonyl (C=O) groups excluding carboxylic acids is 2. The molecule has 0 bridgehead atoms. The Morgan fingerprint density at radius 1 is 1.48 bits per heavy atom. The van der Waals surface area contributed by atoms with Crippen LogP contribution in [0.3, 0.4) is 0 Å². The van der Waals surface area contributed by atoms with Crippen molar-refractivity contribution >= 4 is 51.7 Å². The van der Waals surface area contributed by atoms with Crippen LogP contribution in [0.2, 0.25) is 0 Å². The van der Waals surface area contributed by atoms with E-state index >= 15 is 0 Å². The summed E-state index contributed by atoms with van der Waals surface area (Å²) in [5.74, 6) is -1.42. The summed E-state index contributed by atoms with van der Waals surface area (Å²) in [6.45, 7) is 2.19. The van der Waals surface area contributed by atoms with Crippen molar-refractivity contribution in [1.82, 2.24) is 15.2 Å². The SMILES string of the molecule is CC=CC1=C(C(=O)O)N2C(=O)[C@@H](NC(=O)C(=NOCC3CC3)c3csc(N)n3)[C@@H]2SC1. The summed E-state index contributed by atoms with van der Waals surface area (Å²) in [5.41, 5.74) is 6.39. The fourth-order valence-electron chi connectivity index (χ4n) is 3.27. The molecule has 0 spiro atoms. The molecule has 31 heavy (non-hydrogen) atoms. The number of anilines is 1. The molecule has 2 amide bonds. The van der Waals surface area contributed by atoms with E-state index in [2.05, 4.69) is 15.5 Å². The van der Waals surface area contributed by atoms with Gasteiger partial charge in [-0.05, 0) is 31.3 Å². The zero-order chi connectivity index (χ0) is 22.1. The minimum Gasteiger partial charge on any atom is -0.477 e. The number of hydrogen-bond donors (Lipinski definition) is 3. The minimum absolute atomic E-state index is 0.0497. The van der Waals surface area contributed by atoms with Gasteiger partial charge < -0.3 is 21.0 Å². The lowest BCUT2D eigenvalue weighted by Gasteiger charge is -2.49. The quantitative estimate of drug-likeness (QED) is 0.296. The molecular weight excluding hydrogens is 442 g/mol. The number of aliphatic carboxylic acids is 1. The summed E-state index contributed by atoms with van der Waals surface area (Å²) in [6.07, 6.45) is 5.55. The van der Waals surface area contributed by atoms with Crippen LogP contribution in [0.15, 0.2) is 34.0 Å². The number of amides is 2. The third-order valence-electron chi connectivity index (χ3n) is 5.00. The molecule has 2 aliphatic heterocycles. The highest BCUT2D eigenvalue weighted by Crippen LogP contribution is 2.40. The molecule has 2 fully saturated rings. The highest BCUT2D eigenvalue weighted by Gasteiger charge is 2.54. The van der Waals surface area contributed by atoms with Gasteiger partial charge in [0.15, 0.2) is 10.8 Å². The number of nitrogen functional groups attached to an aromatic ring is 1. The maximum absolute atomic E-state index is 12.9. The Morgan fingerprint density at radius 3 is 2.87 bits per heavy atom. The number of carboxylic acids is 1. The van der Waals surface area contributed by atoms with Gasteiger partial charge in [0.2, 0.25) is 0 Å². The second-order valence-electron chi connectivity index (χ2n) is 7.29. The molecule has 0 aromatic carbocycles. The van der Waals surface area contributed by atoms with Crippen molar-refractivity contribution in [1.29, 1.82) is 0 Å². The molecule has 2 atom stereocenters. The van der Waals surface area contributed by atoms with Crippen LogP contribution < -0.4 is 11.1 Å². The van der Waals surface area contributed by atoms with E-state index in [0.29, 0.717) is 23.9 Å². The fraction of sp³-hybridized carbons (Fsp3) is 0.421. The molecule has 164 valence electrons. The van der Waals surface area contributed by atoms with Crippen molar-refractivity contribution in [3.8, 4) is 0 Å². The molecule has 1 saturated heterocycles. The zero-order valence-electron chi connectivity index (χ0n) is 16.6. The number of nitrogens with two attached hydrogens (primary N) is 1. The molecule has 1 aliphatic carbocycles. The maximum atomic E-state index is 12.9. The first kappa shape index (κ1) is 21.4. The lowest BCUT2D eigenvalue weighted by atomic mass is 10.0. The van der Waals surface area contributed by atoms with E-state index in [9.17, 15) is 19.5 Å². The fourth-order valence-corrected chi connectivity index (χ4v) is 5.14. The lowest BCUT2D eigenvalue weighted by Crippen LogP contribution is -2.71. The third kappa shape index (κ3) is 4.30. The monoisotopic (exact) mass is 463 g/mol. The average Bonchev–Trinajstić information content (AvgIpc) is 3.47. The van der Waals surface area contributed by atoms with Crippen LogP contribution in [0.5, 0.6) is 0 Å². The molecule has 4 N–H and O–H groups in total. The van der Waals surface area contributed by atoms with Crippen LogP contribution >= 0.6 is 23.1 Å². The number of carboxylic acid groups (broad SMARTS) is 1. The Hall–Kier alpha value is -2.86. The molecule has 10 nitrogen and oxygen atoms in total. The molecule has 3 heterocycles. The molecule has 3 aliphatic rings. The Balaban J connectivity index is 1.51. The Bertz CT molecular complexity index is 1010. The van der Waals surface area contributed by atoms with E-state index in [0.717, 1.165) is 24.2 Å². The van der Waals surface area contributed by atoms with Crippen LogP contribution in [0.4, 0.5) is 5.13 Å². The van der Waals surface area contributed by atoms with Gasteiger partial charge in [-0.15, -0.1) is 23.1 Å². The number of aromatic nitrogens is 1. The van der Waals surface area contributed by atoms with Gasteiger partial charge in [0.05, 0.1) is 0 Å². The lowest BCUT2D eigenvalue weighted by molar-refractivity contribution is -0.150. The summed E-state index contributed by atoms with van der Waals surface area (Å²) in [7, 11) is 0. The average molecular weight is 464 g/mol. The Kier molecular flexibility index (Phi) is 6.01. The predicted molar refractivity (Wildman–Crippen MR) is 116 cm³/mol. The molecule has 1 aromatic heterocycles. The summed E-state index contributed by atoms with van der Waals surface area (Å²) in [5, 5.41) is 17.6. The number of nitrogens with zero attached hydrogens (tertiary/aromatic N) is 3. The number of thiazole rings is 1. The summed E-state index contributed by atoms with van der Waals surface area (Å²) < 4.78 is 0. The number of β-lactam (4-membered cyclic amide) rings is 1. The van der Waals surface area contributed by atoms with Crippen molar-refractivity contribution in [2.45, 2.75) is 31.2 Å². The number of allylic oxidation sites excluding steroid dienone is 2. The van der Waals surface area contributed by atoms with Gasteiger partial charge in [0.1, 0.15) is 29.4 Å². The van der Waals surface area contributed by atoms with E-state index in [1.54, 1.807) is 24.5 Å². The van der Waals surface area contributed by atoms with Gasteiger partial charge in [-0.1, -0.05) is 17.3 Å². The van der Waals surface area contributed by atoms with Crippen LogP contribution in [0.1, 0.15) is 25.5 Å². The summed E-state index contributed by atoms with van der Waals surface area (Å²) in [6, 6.07) is -0.872. The number of rotatable bonds is 8. The maximum Gasteiger partial charge on any atom is 0.352 e. The van der Waals surface area contributed by atoms with E-state index in [-0.39, 0.29) is 22.2 Å². The van der Waals surface area contributed by atoms with Gasteiger partial charge in [0, 0.05) is 11.1 Å². The van der Waals surface area contributed by atoms with Crippen molar-refractivity contribution < 1.29 is 24.3 Å². The molecular formula is C19H21N5O5S2. The van der Waals surface area contributed by atoms with E-state index in [1.807, 2.05) is 0 Å². The standard InChI is InChI=1S/C19H21N5O5S2/c1-2-3-10-7-30-17-13(16(26)24(17)14(10)18(27)28)22-15(25)12(11-8-31-19(20)21-11)23-29-6-9-4-5-9/h2-3,8-9,13,17H,4-7H2,1H3,(H2,20,21)(H,22,25)(H,27,28)/t13-,17+/m1/s1. The molecule has 1 aromatic rings. The highest BCUT2D eigenvalue weighted by molar-refractivity contribution is 8.00. The van der Waals surface area contributed by atoms with Crippen molar-refractivity contribution in [3.63, 3.8) is 0 Å². The van der Waals surface area contributed by atoms with Crippen molar-refractivity contribution in [2.75, 3.05) is 18.1 Å². The van der Waals surface area contributed by atoms with Crippen LogP contribution in [-0.2, 0) is 19.2 Å². The predicted octanol–water partition coefficient (Wildman–Crippen LogP) is 1.17. The Morgan fingerprint density at radius 2 is 2.26 bits per heavy atom. The molecule has 0 radical (unpaired) electrons. The van der Waals surface area contributed by atoms with Crippen LogP contribution in [-0.4, -0.2) is 62.3 Å². The second-order valence-corrected chi connectivity index (χ2v) is 9.28. The van der Waals surface area contributed by atoms with Gasteiger partial charge >= 0.3 is 5.97 Å². The first-order valence-corrected chi connectivity index (χ1v) is 11.6. The number of hydrogen-bond acceptors (Lipinski definition) is 9. The first-order valence-electron chi connectivity index (χ1n) is 9.66. The van der Waals surface area contributed by atoms with Crippen LogP contribution in [0.25, 0.3) is 0 Å². The number of oxime groups is 1. The number of thioether (sulfide) groups is 1. The van der Waals surface area contributed by atoms with E-state index in [4.69, 9.17) is 10.6 Å². The normalized spacial score (nSPS) is 23.6. The van der Waals surface area contributed by atoms with Gasteiger partial charge in [0.25, 0.3) is 11.8 Å². The molecule has 0 unspecified atom stereocenters. The smallest absolute Gasteiger partial charge is 0.352 e. The molecule has 4 rings (SSSR count). The van der Waals surface area contributed by atoms with Gasteiger partial charge in [-0.3, -0.25) is 14.5 Å². The highest BCUT2D eigenvalue weighted by atomic mass is 32.2. The Labute approximate surface area is 186 Å². The van der Waals surface area contributed by atoms with Gasteiger partial charge in [-0.2, -0.15) is 0 Å². The zero-order valence-corrected chi connectivity index (χ0v) is 18.2. The number of carbonyl (C=O) groups is 3. The number of fused-ring (bicyclic) bond motifs is 1. The van der Waals surface area contributed by atoms with E-state index < -0.39 is 29.2 Å². The second kappa shape index (κ2) is 8.71. The summed E-state index contributed by atoms with van der Waals surface area (Å²) >= 11 is 2.55. The number of nitrogens with one attached hydrogen (secondary N) is 1. The molecule has 1 saturated carbocycles.